The van der Waals surface area contributed by atoms with Crippen molar-refractivity contribution >= 4 is 34.8 Å². The summed E-state index contributed by atoms with van der Waals surface area (Å²) in [5, 5.41) is 13.7. The Kier molecular flexibility index (Phi) is 6.17. The van der Waals surface area contributed by atoms with Crippen LogP contribution < -0.4 is 5.32 Å². The van der Waals surface area contributed by atoms with Gasteiger partial charge in [-0.2, -0.15) is 0 Å². The molecule has 0 saturated heterocycles. The fourth-order valence-electron chi connectivity index (χ4n) is 2.85. The molecule has 0 radical (unpaired) electrons. The Hall–Kier alpha value is -2.93. The maximum Gasteiger partial charge on any atom is 0.288 e. The lowest BCUT2D eigenvalue weighted by molar-refractivity contribution is -0.384. The average molecular weight is 390 g/mol. The van der Waals surface area contributed by atoms with Crippen molar-refractivity contribution in [3.05, 3.63) is 67.7 Å². The van der Waals surface area contributed by atoms with Gasteiger partial charge >= 0.3 is 0 Å². The second-order valence-corrected chi connectivity index (χ2v) is 6.81. The van der Waals surface area contributed by atoms with Crippen LogP contribution in [0.2, 0.25) is 5.02 Å². The van der Waals surface area contributed by atoms with Crippen LogP contribution in [0.5, 0.6) is 0 Å². The summed E-state index contributed by atoms with van der Waals surface area (Å²) >= 11 is 5.76. The molecule has 0 aliphatic carbocycles. The summed E-state index contributed by atoms with van der Waals surface area (Å²) in [5.41, 5.74) is 3.41. The van der Waals surface area contributed by atoms with Gasteiger partial charge in [-0.05, 0) is 44.0 Å². The number of carbonyl (C=O) groups is 2. The van der Waals surface area contributed by atoms with Crippen LogP contribution in [-0.4, -0.2) is 35.2 Å². The van der Waals surface area contributed by atoms with E-state index in [9.17, 15) is 19.7 Å². The second-order valence-electron chi connectivity index (χ2n) is 6.41. The molecule has 2 rings (SSSR count). The van der Waals surface area contributed by atoms with E-state index in [0.29, 0.717) is 5.69 Å². The summed E-state index contributed by atoms with van der Waals surface area (Å²) in [6.45, 7) is 5.58. The molecule has 0 aliphatic heterocycles. The molecule has 27 heavy (non-hydrogen) atoms. The van der Waals surface area contributed by atoms with Crippen molar-refractivity contribution < 1.29 is 14.5 Å². The molecule has 2 aromatic rings. The minimum atomic E-state index is -0.658. The molecule has 0 fully saturated rings. The molecule has 7 nitrogen and oxygen atoms in total. The molecule has 0 bridgehead atoms. The first-order valence-corrected chi connectivity index (χ1v) is 8.55. The highest BCUT2D eigenvalue weighted by atomic mass is 35.5. The third-order valence-electron chi connectivity index (χ3n) is 4.06. The number of likely N-dealkylation sites (N-methyl/N-ethyl adjacent to an activating group) is 1. The molecule has 142 valence electrons. The highest BCUT2D eigenvalue weighted by Crippen LogP contribution is 2.26. The van der Waals surface area contributed by atoms with Crippen molar-refractivity contribution in [1.82, 2.24) is 4.90 Å². The number of rotatable bonds is 5. The summed E-state index contributed by atoms with van der Waals surface area (Å²) in [6, 6.07) is 7.71. The van der Waals surface area contributed by atoms with E-state index in [4.69, 9.17) is 11.6 Å². The van der Waals surface area contributed by atoms with E-state index in [0.717, 1.165) is 22.8 Å². The highest BCUT2D eigenvalue weighted by Gasteiger charge is 2.20. The van der Waals surface area contributed by atoms with Gasteiger partial charge in [0.2, 0.25) is 5.91 Å². The molecule has 2 aromatic carbocycles. The summed E-state index contributed by atoms with van der Waals surface area (Å²) in [4.78, 5) is 36.3. The van der Waals surface area contributed by atoms with E-state index in [-0.39, 0.29) is 28.7 Å². The van der Waals surface area contributed by atoms with E-state index in [1.807, 2.05) is 32.9 Å². The molecule has 1 N–H and O–H groups in total. The molecule has 0 saturated carbocycles. The van der Waals surface area contributed by atoms with E-state index in [2.05, 4.69) is 5.32 Å². The maximum absolute atomic E-state index is 12.5. The Labute approximate surface area is 162 Å². The normalized spacial score (nSPS) is 10.4. The van der Waals surface area contributed by atoms with E-state index in [1.54, 1.807) is 0 Å². The van der Waals surface area contributed by atoms with Crippen molar-refractivity contribution in [2.45, 2.75) is 20.8 Å². The minimum Gasteiger partial charge on any atom is -0.332 e. The first kappa shape index (κ1) is 20.4. The summed E-state index contributed by atoms with van der Waals surface area (Å²) in [5.74, 6) is -0.869. The lowest BCUT2D eigenvalue weighted by Gasteiger charge is -2.18. The zero-order valence-electron chi connectivity index (χ0n) is 15.5. The Morgan fingerprint density at radius 2 is 1.74 bits per heavy atom. The molecule has 0 heterocycles. The first-order chi connectivity index (χ1) is 12.6. The van der Waals surface area contributed by atoms with Gasteiger partial charge in [-0.25, -0.2) is 0 Å². The van der Waals surface area contributed by atoms with Crippen molar-refractivity contribution in [1.29, 1.82) is 0 Å². The third kappa shape index (κ3) is 4.83. The summed E-state index contributed by atoms with van der Waals surface area (Å²) < 4.78 is 0. The molecule has 0 spiro atoms. The average Bonchev–Trinajstić information content (AvgIpc) is 2.57. The Balaban J connectivity index is 2.12. The van der Waals surface area contributed by atoms with Gasteiger partial charge in [-0.1, -0.05) is 29.3 Å². The zero-order valence-corrected chi connectivity index (χ0v) is 16.3. The van der Waals surface area contributed by atoms with Gasteiger partial charge in [0.1, 0.15) is 5.02 Å². The van der Waals surface area contributed by atoms with Crippen LogP contribution in [0.15, 0.2) is 30.3 Å². The van der Waals surface area contributed by atoms with Gasteiger partial charge in [0.25, 0.3) is 11.6 Å². The fourth-order valence-corrected chi connectivity index (χ4v) is 3.04. The Morgan fingerprint density at radius 1 is 1.15 bits per heavy atom. The SMILES string of the molecule is Cc1cc(C)c(NC(=O)CN(C)C(=O)c2ccc(Cl)c([N+](=O)[O-])c2)c(C)c1. The van der Waals surface area contributed by atoms with Crippen LogP contribution in [0.25, 0.3) is 0 Å². The molecule has 0 aromatic heterocycles. The number of nitro groups is 1. The van der Waals surface area contributed by atoms with Crippen molar-refractivity contribution in [3.63, 3.8) is 0 Å². The highest BCUT2D eigenvalue weighted by molar-refractivity contribution is 6.32. The van der Waals surface area contributed by atoms with Crippen LogP contribution in [-0.2, 0) is 4.79 Å². The number of nitrogens with one attached hydrogen (secondary N) is 1. The van der Waals surface area contributed by atoms with E-state index >= 15 is 0 Å². The van der Waals surface area contributed by atoms with Gasteiger partial charge in [-0.3, -0.25) is 19.7 Å². The number of benzene rings is 2. The second kappa shape index (κ2) is 8.18. The van der Waals surface area contributed by atoms with Gasteiger partial charge in [0, 0.05) is 24.4 Å². The van der Waals surface area contributed by atoms with E-state index in [1.165, 1.54) is 24.1 Å². The van der Waals surface area contributed by atoms with Gasteiger partial charge in [0.05, 0.1) is 11.5 Å². The quantitative estimate of drug-likeness (QED) is 0.620. The number of amides is 2. The number of aryl methyl sites for hydroxylation is 3. The van der Waals surface area contributed by atoms with Crippen molar-refractivity contribution in [3.8, 4) is 0 Å². The minimum absolute atomic E-state index is 0.0535. The van der Waals surface area contributed by atoms with Gasteiger partial charge in [0.15, 0.2) is 0 Å². The molecular formula is C19H20ClN3O4. The maximum atomic E-state index is 12.5. The van der Waals surface area contributed by atoms with Gasteiger partial charge < -0.3 is 10.2 Å². The predicted molar refractivity (Wildman–Crippen MR) is 104 cm³/mol. The topological polar surface area (TPSA) is 92.6 Å². The fraction of sp³-hybridized carbons (Fsp3) is 0.263. The zero-order chi connectivity index (χ0) is 20.3. The lowest BCUT2D eigenvalue weighted by Crippen LogP contribution is -2.35. The monoisotopic (exact) mass is 389 g/mol. The third-order valence-corrected chi connectivity index (χ3v) is 4.38. The van der Waals surface area contributed by atoms with Crippen LogP contribution in [0.1, 0.15) is 27.0 Å². The number of anilines is 1. The smallest absolute Gasteiger partial charge is 0.288 e. The molecule has 0 atom stereocenters. The standard InChI is InChI=1S/C19H20ClN3O4/c1-11-7-12(2)18(13(3)8-11)21-17(24)10-22(4)19(25)14-5-6-15(20)16(9-14)23(26)27/h5-9H,10H2,1-4H3,(H,21,24). The molecule has 0 aliphatic rings. The number of hydrogen-bond acceptors (Lipinski definition) is 4. The number of hydrogen-bond donors (Lipinski definition) is 1. The number of halogens is 1. The Morgan fingerprint density at radius 3 is 2.30 bits per heavy atom. The summed E-state index contributed by atoms with van der Waals surface area (Å²) in [7, 11) is 1.46. The van der Waals surface area contributed by atoms with Gasteiger partial charge in [-0.15, -0.1) is 0 Å². The first-order valence-electron chi connectivity index (χ1n) is 8.17. The van der Waals surface area contributed by atoms with Crippen molar-refractivity contribution in [2.24, 2.45) is 0 Å². The van der Waals surface area contributed by atoms with Crippen LogP contribution in [0.4, 0.5) is 11.4 Å². The molecule has 0 unspecified atom stereocenters. The number of nitrogens with zero attached hydrogens (tertiary/aromatic N) is 2. The lowest BCUT2D eigenvalue weighted by atomic mass is 10.1. The molecule has 2 amide bonds. The van der Waals surface area contributed by atoms with Crippen LogP contribution in [0, 0.1) is 30.9 Å². The van der Waals surface area contributed by atoms with Crippen LogP contribution in [0.3, 0.4) is 0 Å². The largest absolute Gasteiger partial charge is 0.332 e. The molecule has 8 heteroatoms. The Bertz CT molecular complexity index is 904. The summed E-state index contributed by atoms with van der Waals surface area (Å²) in [6.07, 6.45) is 0. The van der Waals surface area contributed by atoms with Crippen LogP contribution >= 0.6 is 11.6 Å². The number of carbonyl (C=O) groups excluding carboxylic acids is 2. The van der Waals surface area contributed by atoms with E-state index < -0.39 is 10.8 Å². The predicted octanol–water partition coefficient (Wildman–Crippen LogP) is 3.88. The number of nitro benzene ring substituents is 1. The van der Waals surface area contributed by atoms with Crippen molar-refractivity contribution in [2.75, 3.05) is 18.9 Å². The molecular weight excluding hydrogens is 370 g/mol.